The van der Waals surface area contributed by atoms with E-state index in [1.54, 1.807) is 23.5 Å². The predicted molar refractivity (Wildman–Crippen MR) is 82.7 cm³/mol. The third-order valence-electron chi connectivity index (χ3n) is 4.06. The lowest BCUT2D eigenvalue weighted by Gasteiger charge is -2.18. The van der Waals surface area contributed by atoms with Crippen LogP contribution in [0.5, 0.6) is 0 Å². The van der Waals surface area contributed by atoms with E-state index in [1.165, 1.54) is 44.2 Å². The molecule has 0 aliphatic heterocycles. The van der Waals surface area contributed by atoms with Crippen LogP contribution in [0.3, 0.4) is 0 Å². The fourth-order valence-electron chi connectivity index (χ4n) is 2.87. The maximum atomic E-state index is 12.6. The summed E-state index contributed by atoms with van der Waals surface area (Å²) < 4.78 is 25.2. The van der Waals surface area contributed by atoms with Crippen molar-refractivity contribution in [1.29, 1.82) is 0 Å². The van der Waals surface area contributed by atoms with Crippen LogP contribution in [0.2, 0.25) is 0 Å². The molecule has 0 amide bonds. The summed E-state index contributed by atoms with van der Waals surface area (Å²) in [6, 6.07) is 6.24. The van der Waals surface area contributed by atoms with Gasteiger partial charge in [0.2, 0.25) is 0 Å². The molecule has 0 bridgehead atoms. The van der Waals surface area contributed by atoms with E-state index in [-0.39, 0.29) is 5.56 Å². The van der Waals surface area contributed by atoms with E-state index in [0.717, 1.165) is 16.3 Å². The Hall–Kier alpha value is -1.49. The predicted octanol–water partition coefficient (Wildman–Crippen LogP) is 5.38. The van der Waals surface area contributed by atoms with Crippen LogP contribution in [-0.2, 0) is 0 Å². The van der Waals surface area contributed by atoms with Gasteiger partial charge in [0.05, 0.1) is 5.01 Å². The molecule has 1 saturated carbocycles. The van der Waals surface area contributed by atoms with Crippen LogP contribution in [0, 0.1) is 0 Å². The molecule has 2 N–H and O–H groups in total. The van der Waals surface area contributed by atoms with Crippen LogP contribution in [-0.4, -0.2) is 4.98 Å². The van der Waals surface area contributed by atoms with Crippen LogP contribution in [0.1, 0.15) is 55.0 Å². The van der Waals surface area contributed by atoms with Crippen molar-refractivity contribution in [3.05, 3.63) is 34.8 Å². The Morgan fingerprint density at radius 1 is 1.10 bits per heavy atom. The molecule has 5 heteroatoms. The first kappa shape index (κ1) is 14.4. The zero-order valence-corrected chi connectivity index (χ0v) is 12.5. The Balaban J connectivity index is 1.86. The molecule has 0 spiro atoms. The van der Waals surface area contributed by atoms with E-state index < -0.39 is 6.43 Å². The number of halogens is 2. The highest BCUT2D eigenvalue weighted by atomic mass is 32.1. The maximum absolute atomic E-state index is 12.6. The summed E-state index contributed by atoms with van der Waals surface area (Å²) in [5.41, 5.74) is 7.67. The van der Waals surface area contributed by atoms with Crippen molar-refractivity contribution in [1.82, 2.24) is 4.98 Å². The summed E-state index contributed by atoms with van der Waals surface area (Å²) in [5.74, 6) is 0.514. The van der Waals surface area contributed by atoms with Crippen LogP contribution in [0.15, 0.2) is 24.3 Å². The van der Waals surface area contributed by atoms with Crippen molar-refractivity contribution in [2.75, 3.05) is 5.73 Å². The topological polar surface area (TPSA) is 38.9 Å². The van der Waals surface area contributed by atoms with Gasteiger partial charge in [0.1, 0.15) is 10.7 Å². The van der Waals surface area contributed by atoms with Gasteiger partial charge in [-0.05, 0) is 12.8 Å². The van der Waals surface area contributed by atoms with Crippen molar-refractivity contribution in [2.24, 2.45) is 0 Å². The summed E-state index contributed by atoms with van der Waals surface area (Å²) >= 11 is 1.54. The molecule has 1 fully saturated rings. The van der Waals surface area contributed by atoms with Gasteiger partial charge in [-0.2, -0.15) is 0 Å². The highest BCUT2D eigenvalue weighted by molar-refractivity contribution is 7.16. The SMILES string of the molecule is Nc1sc(C2CCCCC2)nc1-c1ccc(C(F)F)cc1. The second kappa shape index (κ2) is 6.10. The molecule has 0 unspecified atom stereocenters. The molecule has 1 aromatic carbocycles. The zero-order chi connectivity index (χ0) is 14.8. The Kier molecular flexibility index (Phi) is 4.19. The first-order valence-electron chi connectivity index (χ1n) is 7.30. The zero-order valence-electron chi connectivity index (χ0n) is 11.7. The molecule has 3 rings (SSSR count). The summed E-state index contributed by atoms with van der Waals surface area (Å²) in [6.07, 6.45) is 3.72. The molecule has 1 aliphatic carbocycles. The van der Waals surface area contributed by atoms with Gasteiger partial charge >= 0.3 is 0 Å². The van der Waals surface area contributed by atoms with Gasteiger partial charge in [-0.25, -0.2) is 13.8 Å². The Morgan fingerprint density at radius 2 is 1.76 bits per heavy atom. The number of alkyl halides is 2. The van der Waals surface area contributed by atoms with Crippen LogP contribution >= 0.6 is 11.3 Å². The Labute approximate surface area is 127 Å². The molecule has 21 heavy (non-hydrogen) atoms. The van der Waals surface area contributed by atoms with Gasteiger partial charge in [0.15, 0.2) is 0 Å². The lowest BCUT2D eigenvalue weighted by Crippen LogP contribution is -2.03. The number of nitrogens with two attached hydrogens (primary N) is 1. The van der Waals surface area contributed by atoms with Gasteiger partial charge in [-0.1, -0.05) is 43.5 Å². The molecular weight excluding hydrogens is 290 g/mol. The van der Waals surface area contributed by atoms with E-state index in [2.05, 4.69) is 4.98 Å². The average molecular weight is 308 g/mol. The number of thiazole rings is 1. The van der Waals surface area contributed by atoms with E-state index in [1.807, 2.05) is 0 Å². The number of aromatic nitrogens is 1. The summed E-state index contributed by atoms with van der Waals surface area (Å²) in [4.78, 5) is 4.68. The molecule has 2 aromatic rings. The van der Waals surface area contributed by atoms with Gasteiger partial charge < -0.3 is 5.73 Å². The minimum atomic E-state index is -2.44. The van der Waals surface area contributed by atoms with Crippen molar-refractivity contribution >= 4 is 16.3 Å². The number of nitrogens with zero attached hydrogens (tertiary/aromatic N) is 1. The van der Waals surface area contributed by atoms with E-state index >= 15 is 0 Å². The second-order valence-corrected chi connectivity index (χ2v) is 6.58. The summed E-state index contributed by atoms with van der Waals surface area (Å²) in [5, 5.41) is 1.78. The van der Waals surface area contributed by atoms with Crippen LogP contribution in [0.25, 0.3) is 11.3 Å². The van der Waals surface area contributed by atoms with E-state index in [4.69, 9.17) is 5.73 Å². The van der Waals surface area contributed by atoms with Crippen molar-refractivity contribution in [2.45, 2.75) is 44.4 Å². The number of nitrogen functional groups attached to an aromatic ring is 1. The molecule has 0 saturated heterocycles. The van der Waals surface area contributed by atoms with Crippen LogP contribution < -0.4 is 5.73 Å². The lowest BCUT2D eigenvalue weighted by molar-refractivity contribution is 0.151. The highest BCUT2D eigenvalue weighted by Crippen LogP contribution is 2.39. The van der Waals surface area contributed by atoms with E-state index in [0.29, 0.717) is 10.9 Å². The molecule has 2 nitrogen and oxygen atoms in total. The third kappa shape index (κ3) is 3.07. The number of benzene rings is 1. The summed E-state index contributed by atoms with van der Waals surface area (Å²) in [7, 11) is 0. The van der Waals surface area contributed by atoms with Crippen molar-refractivity contribution in [3.8, 4) is 11.3 Å². The fourth-order valence-corrected chi connectivity index (χ4v) is 3.89. The fraction of sp³-hybridized carbons (Fsp3) is 0.438. The minimum absolute atomic E-state index is 0.0278. The number of anilines is 1. The standard InChI is InChI=1S/C16H18F2N2S/c17-14(18)11-8-6-10(7-9-11)13-15(19)21-16(20-13)12-4-2-1-3-5-12/h6-9,12,14H,1-5,19H2. The molecule has 1 aliphatic rings. The van der Waals surface area contributed by atoms with E-state index in [9.17, 15) is 8.78 Å². The van der Waals surface area contributed by atoms with Gasteiger partial charge in [0, 0.05) is 17.0 Å². The molecule has 1 heterocycles. The second-order valence-electron chi connectivity index (χ2n) is 5.52. The lowest BCUT2D eigenvalue weighted by atomic mass is 9.90. The summed E-state index contributed by atoms with van der Waals surface area (Å²) in [6.45, 7) is 0. The Morgan fingerprint density at radius 3 is 2.38 bits per heavy atom. The minimum Gasteiger partial charge on any atom is -0.389 e. The van der Waals surface area contributed by atoms with Crippen molar-refractivity contribution in [3.63, 3.8) is 0 Å². The number of hydrogen-bond acceptors (Lipinski definition) is 3. The molecular formula is C16H18F2N2S. The Bertz CT molecular complexity index is 601. The van der Waals surface area contributed by atoms with Gasteiger partial charge in [0.25, 0.3) is 6.43 Å². The third-order valence-corrected chi connectivity index (χ3v) is 5.11. The normalized spacial score (nSPS) is 16.5. The molecule has 112 valence electrons. The largest absolute Gasteiger partial charge is 0.389 e. The number of hydrogen-bond donors (Lipinski definition) is 1. The first-order valence-corrected chi connectivity index (χ1v) is 8.11. The molecule has 0 radical (unpaired) electrons. The van der Waals surface area contributed by atoms with Gasteiger partial charge in [-0.3, -0.25) is 0 Å². The smallest absolute Gasteiger partial charge is 0.263 e. The maximum Gasteiger partial charge on any atom is 0.263 e. The van der Waals surface area contributed by atoms with Crippen LogP contribution in [0.4, 0.5) is 13.8 Å². The van der Waals surface area contributed by atoms with Gasteiger partial charge in [-0.15, -0.1) is 11.3 Å². The monoisotopic (exact) mass is 308 g/mol. The molecule has 1 aromatic heterocycles. The first-order chi connectivity index (χ1) is 10.1. The molecule has 0 atom stereocenters. The number of rotatable bonds is 3. The average Bonchev–Trinajstić information content (AvgIpc) is 2.90. The van der Waals surface area contributed by atoms with Crippen molar-refractivity contribution < 1.29 is 8.78 Å². The quantitative estimate of drug-likeness (QED) is 0.827. The highest BCUT2D eigenvalue weighted by Gasteiger charge is 2.21.